The van der Waals surface area contributed by atoms with Gasteiger partial charge in [0.25, 0.3) is 0 Å². The van der Waals surface area contributed by atoms with E-state index in [1.165, 1.54) is 0 Å². The Labute approximate surface area is 219 Å². The predicted octanol–water partition coefficient (Wildman–Crippen LogP) is 5.05. The molecule has 8 nitrogen and oxygen atoms in total. The monoisotopic (exact) mass is 500 g/mol. The Morgan fingerprint density at radius 2 is 1.78 bits per heavy atom. The van der Waals surface area contributed by atoms with E-state index in [0.29, 0.717) is 18.8 Å². The van der Waals surface area contributed by atoms with Gasteiger partial charge in [-0.1, -0.05) is 50.3 Å². The van der Waals surface area contributed by atoms with Gasteiger partial charge < -0.3 is 25.6 Å². The highest BCUT2D eigenvalue weighted by molar-refractivity contribution is 6.04. The summed E-state index contributed by atoms with van der Waals surface area (Å²) in [6.45, 7) is 8.71. The lowest BCUT2D eigenvalue weighted by Gasteiger charge is -2.27. The van der Waals surface area contributed by atoms with Crippen molar-refractivity contribution < 1.29 is 9.53 Å². The van der Waals surface area contributed by atoms with Crippen molar-refractivity contribution in [2.24, 2.45) is 15.9 Å². The molecule has 0 saturated heterocycles. The standard InChI is InChI=1S/C29H36N6O2/c1-3-35(4-2)17-8-18-37-25-15-16-26-27(19-25)31-21-32-28(26)33-23-11-13-24(14-12-23)34-29(36)30-20-22-9-6-5-7-10-22/h5-7,9-16,19,21,26-27H,3-4,8,17-18,20H2,1-2H3,(H2,30,34,36)(H,31,32,33). The first-order valence-corrected chi connectivity index (χ1v) is 12.9. The van der Waals surface area contributed by atoms with Gasteiger partial charge in [0.1, 0.15) is 17.9 Å². The van der Waals surface area contributed by atoms with Crippen LogP contribution in [-0.4, -0.2) is 55.4 Å². The molecule has 1 aliphatic heterocycles. The molecular weight excluding hydrogens is 464 g/mol. The highest BCUT2D eigenvalue weighted by atomic mass is 16.5. The first kappa shape index (κ1) is 26.2. The molecule has 0 fully saturated rings. The number of benzene rings is 2. The zero-order valence-corrected chi connectivity index (χ0v) is 21.6. The van der Waals surface area contributed by atoms with Crippen molar-refractivity contribution in [1.29, 1.82) is 0 Å². The van der Waals surface area contributed by atoms with Gasteiger partial charge in [0.15, 0.2) is 0 Å². The Morgan fingerprint density at radius 3 is 2.54 bits per heavy atom. The lowest BCUT2D eigenvalue weighted by atomic mass is 9.92. The molecular formula is C29H36N6O2. The first-order chi connectivity index (χ1) is 18.1. The van der Waals surface area contributed by atoms with Gasteiger partial charge in [0, 0.05) is 24.5 Å². The molecule has 2 amide bonds. The van der Waals surface area contributed by atoms with Crippen LogP contribution in [0.15, 0.2) is 88.6 Å². The van der Waals surface area contributed by atoms with Crippen LogP contribution in [0, 0.1) is 5.92 Å². The quantitative estimate of drug-likeness (QED) is 0.377. The van der Waals surface area contributed by atoms with Crippen LogP contribution in [0.25, 0.3) is 0 Å². The third-order valence-electron chi connectivity index (χ3n) is 6.42. The summed E-state index contributed by atoms with van der Waals surface area (Å²) in [6.07, 6.45) is 8.77. The van der Waals surface area contributed by atoms with Gasteiger partial charge in [-0.2, -0.15) is 0 Å². The van der Waals surface area contributed by atoms with Crippen LogP contribution in [0.4, 0.5) is 16.2 Å². The SMILES string of the molecule is CCN(CC)CCCOC1=CC2N=CN=C(Nc3ccc(NC(=O)NCc4ccccc4)cc3)C2C=C1. The molecule has 0 saturated carbocycles. The predicted molar refractivity (Wildman–Crippen MR) is 151 cm³/mol. The summed E-state index contributed by atoms with van der Waals surface area (Å²) in [4.78, 5) is 23.6. The molecule has 194 valence electrons. The number of amidine groups is 1. The summed E-state index contributed by atoms with van der Waals surface area (Å²) in [7, 11) is 0. The van der Waals surface area contributed by atoms with Crippen LogP contribution in [0.3, 0.4) is 0 Å². The van der Waals surface area contributed by atoms with Crippen LogP contribution >= 0.6 is 0 Å². The smallest absolute Gasteiger partial charge is 0.319 e. The average molecular weight is 501 g/mol. The minimum Gasteiger partial charge on any atom is -0.494 e. The van der Waals surface area contributed by atoms with Crippen molar-refractivity contribution in [2.75, 3.05) is 36.9 Å². The number of anilines is 2. The number of rotatable bonds is 11. The van der Waals surface area contributed by atoms with Gasteiger partial charge in [-0.15, -0.1) is 0 Å². The van der Waals surface area contributed by atoms with Crippen molar-refractivity contribution in [1.82, 2.24) is 10.2 Å². The number of nitrogens with one attached hydrogen (secondary N) is 3. The number of allylic oxidation sites excluding steroid dienone is 1. The third-order valence-corrected chi connectivity index (χ3v) is 6.42. The number of urea groups is 1. The summed E-state index contributed by atoms with van der Waals surface area (Å²) < 4.78 is 5.99. The summed E-state index contributed by atoms with van der Waals surface area (Å²) in [6, 6.07) is 17.1. The maximum atomic E-state index is 12.2. The fraction of sp³-hybridized carbons (Fsp3) is 0.345. The molecule has 3 N–H and O–H groups in total. The Kier molecular flexibility index (Phi) is 9.48. The van der Waals surface area contributed by atoms with Crippen molar-refractivity contribution in [3.63, 3.8) is 0 Å². The van der Waals surface area contributed by atoms with Crippen LogP contribution in [0.1, 0.15) is 25.8 Å². The van der Waals surface area contributed by atoms with E-state index in [9.17, 15) is 4.79 Å². The van der Waals surface area contributed by atoms with E-state index in [2.05, 4.69) is 56.8 Å². The summed E-state index contributed by atoms with van der Waals surface area (Å²) in [5.41, 5.74) is 2.65. The number of ether oxygens (including phenoxy) is 1. The molecule has 0 spiro atoms. The highest BCUT2D eigenvalue weighted by Gasteiger charge is 2.28. The van der Waals surface area contributed by atoms with Crippen molar-refractivity contribution in [3.05, 3.63) is 84.1 Å². The lowest BCUT2D eigenvalue weighted by molar-refractivity contribution is 0.193. The topological polar surface area (TPSA) is 90.3 Å². The molecule has 37 heavy (non-hydrogen) atoms. The van der Waals surface area contributed by atoms with E-state index in [1.807, 2.05) is 60.7 Å². The zero-order valence-electron chi connectivity index (χ0n) is 21.6. The number of nitrogens with zero attached hydrogens (tertiary/aromatic N) is 3. The second-order valence-corrected chi connectivity index (χ2v) is 8.95. The average Bonchev–Trinajstić information content (AvgIpc) is 2.94. The molecule has 4 rings (SSSR count). The summed E-state index contributed by atoms with van der Waals surface area (Å²) in [5, 5.41) is 9.13. The Balaban J connectivity index is 1.24. The number of carbonyl (C=O) groups is 1. The minimum atomic E-state index is -0.245. The first-order valence-electron chi connectivity index (χ1n) is 12.9. The molecule has 1 heterocycles. The summed E-state index contributed by atoms with van der Waals surface area (Å²) in [5.74, 6) is 1.71. The Hall–Kier alpha value is -3.91. The van der Waals surface area contributed by atoms with Crippen molar-refractivity contribution in [2.45, 2.75) is 32.9 Å². The van der Waals surface area contributed by atoms with Crippen LogP contribution in [-0.2, 0) is 11.3 Å². The molecule has 2 unspecified atom stereocenters. The third kappa shape index (κ3) is 7.79. The van der Waals surface area contributed by atoms with Gasteiger partial charge in [0.05, 0.1) is 18.6 Å². The molecule has 2 atom stereocenters. The van der Waals surface area contributed by atoms with E-state index in [1.54, 1.807) is 6.34 Å². The fourth-order valence-corrected chi connectivity index (χ4v) is 4.26. The molecule has 0 radical (unpaired) electrons. The molecule has 2 aromatic carbocycles. The van der Waals surface area contributed by atoms with E-state index >= 15 is 0 Å². The second kappa shape index (κ2) is 13.4. The molecule has 1 aliphatic carbocycles. The van der Waals surface area contributed by atoms with Crippen molar-refractivity contribution >= 4 is 29.6 Å². The van der Waals surface area contributed by atoms with Gasteiger partial charge in [-0.25, -0.2) is 9.79 Å². The molecule has 0 bridgehead atoms. The Bertz CT molecular complexity index is 1140. The number of carbonyl (C=O) groups excluding carboxylic acids is 1. The summed E-state index contributed by atoms with van der Waals surface area (Å²) >= 11 is 0. The van der Waals surface area contributed by atoms with Gasteiger partial charge in [-0.3, -0.25) is 4.99 Å². The van der Waals surface area contributed by atoms with Crippen molar-refractivity contribution in [3.8, 4) is 0 Å². The van der Waals surface area contributed by atoms with Gasteiger partial charge in [-0.05, 0) is 61.5 Å². The highest BCUT2D eigenvalue weighted by Crippen LogP contribution is 2.25. The van der Waals surface area contributed by atoms with Gasteiger partial charge in [0.2, 0.25) is 0 Å². The number of aliphatic imine (C=N–C) groups is 2. The molecule has 2 aliphatic rings. The van der Waals surface area contributed by atoms with Gasteiger partial charge >= 0.3 is 6.03 Å². The van der Waals surface area contributed by atoms with E-state index in [4.69, 9.17) is 4.74 Å². The number of fused-ring (bicyclic) bond motifs is 1. The number of hydrogen-bond acceptors (Lipinski definition) is 6. The maximum absolute atomic E-state index is 12.2. The number of amides is 2. The van der Waals surface area contributed by atoms with Crippen LogP contribution in [0.2, 0.25) is 0 Å². The molecule has 0 aromatic heterocycles. The number of hydrogen-bond donors (Lipinski definition) is 3. The minimum absolute atomic E-state index is 0.0228. The lowest BCUT2D eigenvalue weighted by Crippen LogP contribution is -2.34. The van der Waals surface area contributed by atoms with Crippen LogP contribution in [0.5, 0.6) is 0 Å². The molecule has 8 heteroatoms. The largest absolute Gasteiger partial charge is 0.494 e. The Morgan fingerprint density at radius 1 is 1.03 bits per heavy atom. The van der Waals surface area contributed by atoms with E-state index in [-0.39, 0.29) is 18.0 Å². The normalized spacial score (nSPS) is 18.0. The second-order valence-electron chi connectivity index (χ2n) is 8.95. The molecule has 2 aromatic rings. The maximum Gasteiger partial charge on any atom is 0.319 e. The van der Waals surface area contributed by atoms with E-state index < -0.39 is 0 Å². The zero-order chi connectivity index (χ0) is 25.9. The van der Waals surface area contributed by atoms with E-state index in [0.717, 1.165) is 48.9 Å². The fourth-order valence-electron chi connectivity index (χ4n) is 4.26. The van der Waals surface area contributed by atoms with Crippen LogP contribution < -0.4 is 16.0 Å².